The summed E-state index contributed by atoms with van der Waals surface area (Å²) in [5.41, 5.74) is 2.22. The average Bonchev–Trinajstić information content (AvgIpc) is 2.64. The third-order valence-corrected chi connectivity index (χ3v) is 4.19. The molecule has 1 atom stereocenters. The standard InChI is InChI=1S/C23H28ClNO2/c1-23(2,3)27-22(26)20(16-10-11-17-24)25-21(18-12-6-4-7-13-18)19-14-8-5-9-15-19/h4-9,12-15,20H,10-11,16-17H2,1-3H3/t20-/m0/s1. The SMILES string of the molecule is CC(C)(C)OC(=O)[C@H](CCCCCl)N=C(c1ccccc1)c1ccccc1. The van der Waals surface area contributed by atoms with Gasteiger partial charge in [-0.2, -0.15) is 0 Å². The van der Waals surface area contributed by atoms with Gasteiger partial charge in [0.15, 0.2) is 0 Å². The fourth-order valence-electron chi connectivity index (χ4n) is 2.70. The van der Waals surface area contributed by atoms with Gasteiger partial charge in [0.1, 0.15) is 11.6 Å². The Labute approximate surface area is 167 Å². The summed E-state index contributed by atoms with van der Waals surface area (Å²) in [5, 5.41) is 0. The van der Waals surface area contributed by atoms with Crippen molar-refractivity contribution in [2.45, 2.75) is 51.7 Å². The third kappa shape index (κ3) is 7.18. The van der Waals surface area contributed by atoms with Crippen molar-refractivity contribution in [3.05, 3.63) is 71.8 Å². The molecule has 0 aliphatic heterocycles. The van der Waals surface area contributed by atoms with Gasteiger partial charge in [0, 0.05) is 17.0 Å². The lowest BCUT2D eigenvalue weighted by atomic mass is 10.0. The molecule has 0 bridgehead atoms. The molecule has 2 aromatic carbocycles. The maximum absolute atomic E-state index is 12.8. The molecule has 4 heteroatoms. The highest BCUT2D eigenvalue weighted by Gasteiger charge is 2.25. The predicted octanol–water partition coefficient (Wildman–Crippen LogP) is 5.64. The van der Waals surface area contributed by atoms with E-state index in [2.05, 4.69) is 0 Å². The van der Waals surface area contributed by atoms with Crippen LogP contribution in [0.2, 0.25) is 0 Å². The van der Waals surface area contributed by atoms with Crippen molar-refractivity contribution in [2.75, 3.05) is 5.88 Å². The minimum atomic E-state index is -0.553. The zero-order chi connectivity index (χ0) is 19.7. The number of ether oxygens (including phenoxy) is 1. The highest BCUT2D eigenvalue weighted by Crippen LogP contribution is 2.18. The summed E-state index contributed by atoms with van der Waals surface area (Å²) in [4.78, 5) is 17.7. The first-order chi connectivity index (χ1) is 12.9. The lowest BCUT2D eigenvalue weighted by Crippen LogP contribution is -2.31. The molecule has 0 amide bonds. The van der Waals surface area contributed by atoms with Crippen LogP contribution in [0.25, 0.3) is 0 Å². The summed E-state index contributed by atoms with van der Waals surface area (Å²) < 4.78 is 5.62. The molecule has 0 radical (unpaired) electrons. The Hall–Kier alpha value is -2.13. The molecule has 0 spiro atoms. The molecule has 144 valence electrons. The second-order valence-electron chi connectivity index (χ2n) is 7.44. The van der Waals surface area contributed by atoms with Gasteiger partial charge in [0.05, 0.1) is 5.71 Å². The largest absolute Gasteiger partial charge is 0.458 e. The normalized spacial score (nSPS) is 12.3. The van der Waals surface area contributed by atoms with Gasteiger partial charge < -0.3 is 4.74 Å². The molecule has 0 aliphatic rings. The number of carbonyl (C=O) groups excluding carboxylic acids is 1. The number of aliphatic imine (C=N–C) groups is 1. The minimum absolute atomic E-state index is 0.290. The van der Waals surface area contributed by atoms with Gasteiger partial charge in [0.25, 0.3) is 0 Å². The second kappa shape index (κ2) is 10.3. The van der Waals surface area contributed by atoms with E-state index in [9.17, 15) is 4.79 Å². The van der Waals surface area contributed by atoms with E-state index in [-0.39, 0.29) is 5.97 Å². The number of esters is 1. The van der Waals surface area contributed by atoms with Crippen LogP contribution >= 0.6 is 11.6 Å². The number of unbranched alkanes of at least 4 members (excludes halogenated alkanes) is 1. The van der Waals surface area contributed by atoms with Crippen LogP contribution in [0.1, 0.15) is 51.2 Å². The third-order valence-electron chi connectivity index (χ3n) is 3.92. The molecule has 2 aromatic rings. The van der Waals surface area contributed by atoms with E-state index in [1.165, 1.54) is 0 Å². The number of alkyl halides is 1. The van der Waals surface area contributed by atoms with Crippen molar-refractivity contribution >= 4 is 23.3 Å². The number of hydrogen-bond donors (Lipinski definition) is 0. The Kier molecular flexibility index (Phi) is 8.05. The number of hydrogen-bond acceptors (Lipinski definition) is 3. The second-order valence-corrected chi connectivity index (χ2v) is 7.82. The first-order valence-corrected chi connectivity index (χ1v) is 9.91. The zero-order valence-electron chi connectivity index (χ0n) is 16.3. The topological polar surface area (TPSA) is 38.7 Å². The Morgan fingerprint density at radius 3 is 1.93 bits per heavy atom. The van der Waals surface area contributed by atoms with Crippen LogP contribution in [0.4, 0.5) is 0 Å². The van der Waals surface area contributed by atoms with Crippen molar-refractivity contribution in [1.29, 1.82) is 0 Å². The van der Waals surface area contributed by atoms with Gasteiger partial charge in [-0.1, -0.05) is 60.7 Å². The zero-order valence-corrected chi connectivity index (χ0v) is 17.1. The summed E-state index contributed by atoms with van der Waals surface area (Å²) in [6, 6.07) is 19.3. The molecule has 0 saturated heterocycles. The Morgan fingerprint density at radius 2 is 1.48 bits per heavy atom. The van der Waals surface area contributed by atoms with Crippen LogP contribution in [0.15, 0.2) is 65.7 Å². The summed E-state index contributed by atoms with van der Waals surface area (Å²) in [6.07, 6.45) is 2.29. The van der Waals surface area contributed by atoms with E-state index in [1.54, 1.807) is 0 Å². The molecule has 27 heavy (non-hydrogen) atoms. The quantitative estimate of drug-likeness (QED) is 0.255. The first-order valence-electron chi connectivity index (χ1n) is 9.38. The molecule has 3 nitrogen and oxygen atoms in total. The van der Waals surface area contributed by atoms with Gasteiger partial charge in [-0.25, -0.2) is 4.79 Å². The molecular formula is C23H28ClNO2. The number of benzene rings is 2. The van der Waals surface area contributed by atoms with E-state index in [0.29, 0.717) is 12.3 Å². The maximum atomic E-state index is 12.8. The van der Waals surface area contributed by atoms with Crippen LogP contribution in [-0.2, 0) is 9.53 Å². The van der Waals surface area contributed by atoms with Crippen LogP contribution in [0.3, 0.4) is 0 Å². The number of rotatable bonds is 8. The molecule has 0 saturated carbocycles. The van der Waals surface area contributed by atoms with E-state index in [0.717, 1.165) is 29.7 Å². The fraction of sp³-hybridized carbons (Fsp3) is 0.391. The molecule has 0 aliphatic carbocycles. The monoisotopic (exact) mass is 385 g/mol. The van der Waals surface area contributed by atoms with Gasteiger partial charge >= 0.3 is 5.97 Å². The highest BCUT2D eigenvalue weighted by molar-refractivity contribution is 6.17. The number of halogens is 1. The predicted molar refractivity (Wildman–Crippen MR) is 113 cm³/mol. The molecule has 0 fully saturated rings. The molecule has 0 heterocycles. The van der Waals surface area contributed by atoms with Gasteiger partial charge in [-0.3, -0.25) is 4.99 Å². The molecule has 0 N–H and O–H groups in total. The molecule has 0 unspecified atom stereocenters. The summed E-state index contributed by atoms with van der Waals surface area (Å²) in [7, 11) is 0. The van der Waals surface area contributed by atoms with Crippen LogP contribution in [0, 0.1) is 0 Å². The van der Waals surface area contributed by atoms with Crippen molar-refractivity contribution < 1.29 is 9.53 Å². The lowest BCUT2D eigenvalue weighted by Gasteiger charge is -2.23. The van der Waals surface area contributed by atoms with Crippen molar-refractivity contribution in [2.24, 2.45) is 4.99 Å². The average molecular weight is 386 g/mol. The van der Waals surface area contributed by atoms with Crippen molar-refractivity contribution in [3.8, 4) is 0 Å². The Bertz CT molecular complexity index is 694. The Balaban J connectivity index is 2.41. The molecule has 2 rings (SSSR count). The van der Waals surface area contributed by atoms with Crippen molar-refractivity contribution in [1.82, 2.24) is 0 Å². The highest BCUT2D eigenvalue weighted by atomic mass is 35.5. The van der Waals surface area contributed by atoms with Crippen molar-refractivity contribution in [3.63, 3.8) is 0 Å². The van der Waals surface area contributed by atoms with E-state index < -0.39 is 11.6 Å². The fourth-order valence-corrected chi connectivity index (χ4v) is 2.89. The van der Waals surface area contributed by atoms with Gasteiger partial charge in [0.2, 0.25) is 0 Å². The van der Waals surface area contributed by atoms with E-state index in [1.807, 2.05) is 81.4 Å². The lowest BCUT2D eigenvalue weighted by molar-refractivity contribution is -0.156. The summed E-state index contributed by atoms with van der Waals surface area (Å²) >= 11 is 5.82. The smallest absolute Gasteiger partial charge is 0.331 e. The molecular weight excluding hydrogens is 358 g/mol. The van der Waals surface area contributed by atoms with Crippen LogP contribution in [-0.4, -0.2) is 29.2 Å². The summed E-state index contributed by atoms with van der Waals surface area (Å²) in [5.74, 6) is 0.288. The minimum Gasteiger partial charge on any atom is -0.458 e. The van der Waals surface area contributed by atoms with Gasteiger partial charge in [-0.15, -0.1) is 11.6 Å². The first kappa shape index (κ1) is 21.2. The van der Waals surface area contributed by atoms with E-state index in [4.69, 9.17) is 21.3 Å². The maximum Gasteiger partial charge on any atom is 0.331 e. The van der Waals surface area contributed by atoms with Crippen LogP contribution < -0.4 is 0 Å². The Morgan fingerprint density at radius 1 is 0.963 bits per heavy atom. The number of carbonyl (C=O) groups is 1. The van der Waals surface area contributed by atoms with Crippen LogP contribution in [0.5, 0.6) is 0 Å². The van der Waals surface area contributed by atoms with E-state index >= 15 is 0 Å². The van der Waals surface area contributed by atoms with Gasteiger partial charge in [-0.05, 0) is 40.0 Å². The molecule has 0 aromatic heterocycles. The summed E-state index contributed by atoms with van der Waals surface area (Å²) in [6.45, 7) is 5.62. The number of nitrogens with zero attached hydrogens (tertiary/aromatic N) is 1.